The Hall–Kier alpha value is -1.95. The second-order valence-corrected chi connectivity index (χ2v) is 9.89. The number of hydrogen-bond donors (Lipinski definition) is 0. The Bertz CT molecular complexity index is 1010. The van der Waals surface area contributed by atoms with E-state index in [1.165, 1.54) is 28.1 Å². The van der Waals surface area contributed by atoms with Crippen LogP contribution in [0.3, 0.4) is 0 Å². The monoisotopic (exact) mass is 408 g/mol. The average molecular weight is 408 g/mol. The van der Waals surface area contributed by atoms with E-state index in [0.717, 1.165) is 22.3 Å². The van der Waals surface area contributed by atoms with Crippen molar-refractivity contribution in [1.82, 2.24) is 0 Å². The molecule has 0 bridgehead atoms. The van der Waals surface area contributed by atoms with E-state index in [2.05, 4.69) is 65.0 Å². The Labute approximate surface area is 176 Å². The topological polar surface area (TPSA) is 18.5 Å². The van der Waals surface area contributed by atoms with Crippen LogP contribution in [-0.4, -0.2) is 18.3 Å². The highest BCUT2D eigenvalue weighted by atomic mass is 32.1. The van der Waals surface area contributed by atoms with Gasteiger partial charge in [-0.2, -0.15) is 0 Å². The van der Waals surface area contributed by atoms with E-state index < -0.39 is 0 Å². The third-order valence-electron chi connectivity index (χ3n) is 6.05. The quantitative estimate of drug-likeness (QED) is 0.512. The molecule has 0 atom stereocenters. The van der Waals surface area contributed by atoms with Crippen molar-refractivity contribution in [3.05, 3.63) is 76.4 Å². The number of thiophene rings is 1. The molecule has 0 saturated carbocycles. The molecule has 1 fully saturated rings. The molecule has 2 aromatic carbocycles. The third kappa shape index (κ3) is 4.04. The summed E-state index contributed by atoms with van der Waals surface area (Å²) in [4.78, 5) is 2.43. The first kappa shape index (κ1) is 20.3. The van der Waals surface area contributed by atoms with Gasteiger partial charge in [-0.1, -0.05) is 30.3 Å². The van der Waals surface area contributed by atoms with Crippen molar-refractivity contribution in [1.29, 1.82) is 0 Å². The van der Waals surface area contributed by atoms with E-state index >= 15 is 0 Å². The van der Waals surface area contributed by atoms with Crippen LogP contribution in [0.1, 0.15) is 43.7 Å². The van der Waals surface area contributed by atoms with Crippen LogP contribution in [0.5, 0.6) is 0 Å². The van der Waals surface area contributed by atoms with Crippen molar-refractivity contribution < 1.29 is 13.7 Å². The first-order valence-electron chi connectivity index (χ1n) is 9.94. The van der Waals surface area contributed by atoms with Crippen molar-refractivity contribution in [2.24, 2.45) is 0 Å². The summed E-state index contributed by atoms with van der Waals surface area (Å²) in [6.45, 7) is 10.4. The zero-order valence-electron chi connectivity index (χ0n) is 17.6. The summed E-state index contributed by atoms with van der Waals surface area (Å²) in [5, 5.41) is 0. The molecular weight excluding hydrogens is 382 g/mol. The zero-order chi connectivity index (χ0) is 20.8. The van der Waals surface area contributed by atoms with E-state index in [4.69, 9.17) is 9.31 Å². The molecule has 1 saturated heterocycles. The van der Waals surface area contributed by atoms with Crippen LogP contribution in [0.15, 0.2) is 54.6 Å². The van der Waals surface area contributed by atoms with Gasteiger partial charge in [-0.05, 0) is 81.0 Å². The van der Waals surface area contributed by atoms with Gasteiger partial charge in [0, 0.05) is 16.2 Å². The van der Waals surface area contributed by atoms with Gasteiger partial charge in [0.1, 0.15) is 5.82 Å². The van der Waals surface area contributed by atoms with Gasteiger partial charge in [0.05, 0.1) is 11.2 Å². The number of benzene rings is 2. The van der Waals surface area contributed by atoms with Crippen LogP contribution in [0.2, 0.25) is 0 Å². The second-order valence-electron chi connectivity index (χ2n) is 8.72. The first-order chi connectivity index (χ1) is 13.6. The van der Waals surface area contributed by atoms with Crippen molar-refractivity contribution in [3.63, 3.8) is 0 Å². The van der Waals surface area contributed by atoms with E-state index in [1.807, 2.05) is 12.1 Å². The molecule has 0 spiro atoms. The lowest BCUT2D eigenvalue weighted by atomic mass is 9.77. The van der Waals surface area contributed by atoms with Gasteiger partial charge in [-0.15, -0.1) is 11.3 Å². The van der Waals surface area contributed by atoms with Gasteiger partial charge in [-0.3, -0.25) is 0 Å². The predicted molar refractivity (Wildman–Crippen MR) is 119 cm³/mol. The molecule has 0 radical (unpaired) electrons. The summed E-state index contributed by atoms with van der Waals surface area (Å²) in [7, 11) is -0.350. The first-order valence-corrected chi connectivity index (χ1v) is 10.8. The van der Waals surface area contributed by atoms with Crippen LogP contribution in [0.4, 0.5) is 4.39 Å². The fourth-order valence-electron chi connectivity index (χ4n) is 3.44. The standard InChI is InChI=1S/C24H26BFO2S/c1-16-6-9-19(25-27-23(2,3)24(4,5)28-25)14-18(16)15-21-12-13-22(29-21)17-7-10-20(26)11-8-17/h6-14H,15H2,1-5H3. The number of hydrogen-bond acceptors (Lipinski definition) is 3. The largest absolute Gasteiger partial charge is 0.494 e. The fraction of sp³-hybridized carbons (Fsp3) is 0.333. The average Bonchev–Trinajstić information content (AvgIpc) is 3.19. The van der Waals surface area contributed by atoms with E-state index in [-0.39, 0.29) is 24.1 Å². The summed E-state index contributed by atoms with van der Waals surface area (Å²) in [5.74, 6) is -0.208. The number of halogens is 1. The second kappa shape index (κ2) is 7.39. The molecule has 5 heteroatoms. The van der Waals surface area contributed by atoms with Crippen LogP contribution in [0, 0.1) is 12.7 Å². The molecular formula is C24H26BFO2S. The number of rotatable bonds is 4. The SMILES string of the molecule is Cc1ccc(B2OC(C)(C)C(C)(C)O2)cc1Cc1ccc(-c2ccc(F)cc2)s1. The van der Waals surface area contributed by atoms with Gasteiger partial charge < -0.3 is 9.31 Å². The lowest BCUT2D eigenvalue weighted by Gasteiger charge is -2.32. The Kier molecular flexibility index (Phi) is 5.18. The number of aryl methyl sites for hydroxylation is 1. The van der Waals surface area contributed by atoms with Crippen molar-refractivity contribution >= 4 is 23.9 Å². The maximum absolute atomic E-state index is 13.2. The van der Waals surface area contributed by atoms with Crippen LogP contribution >= 0.6 is 11.3 Å². The lowest BCUT2D eigenvalue weighted by Crippen LogP contribution is -2.41. The Morgan fingerprint density at radius 2 is 1.55 bits per heavy atom. The highest BCUT2D eigenvalue weighted by Crippen LogP contribution is 2.36. The molecule has 0 aliphatic carbocycles. The Morgan fingerprint density at radius 1 is 0.897 bits per heavy atom. The van der Waals surface area contributed by atoms with Crippen LogP contribution in [-0.2, 0) is 15.7 Å². The molecule has 0 unspecified atom stereocenters. The molecule has 3 aromatic rings. The molecule has 1 aliphatic rings. The minimum absolute atomic E-state index is 0.208. The van der Waals surface area contributed by atoms with Crippen LogP contribution in [0.25, 0.3) is 10.4 Å². The fourth-order valence-corrected chi connectivity index (χ4v) is 4.47. The molecule has 4 rings (SSSR count). The minimum Gasteiger partial charge on any atom is -0.399 e. The van der Waals surface area contributed by atoms with Crippen molar-refractivity contribution in [2.75, 3.05) is 0 Å². The molecule has 1 aromatic heterocycles. The molecule has 2 heterocycles. The van der Waals surface area contributed by atoms with Gasteiger partial charge in [0.15, 0.2) is 0 Å². The summed E-state index contributed by atoms with van der Waals surface area (Å²) < 4.78 is 25.6. The van der Waals surface area contributed by atoms with Gasteiger partial charge in [0.25, 0.3) is 0 Å². The summed E-state index contributed by atoms with van der Waals surface area (Å²) in [6.07, 6.45) is 0.852. The molecule has 29 heavy (non-hydrogen) atoms. The third-order valence-corrected chi connectivity index (χ3v) is 7.19. The highest BCUT2D eigenvalue weighted by Gasteiger charge is 2.51. The minimum atomic E-state index is -0.350. The normalized spacial score (nSPS) is 17.7. The maximum atomic E-state index is 13.2. The van der Waals surface area contributed by atoms with Gasteiger partial charge in [-0.25, -0.2) is 4.39 Å². The molecule has 0 amide bonds. The van der Waals surface area contributed by atoms with E-state index in [0.29, 0.717) is 0 Å². The molecule has 1 aliphatic heterocycles. The van der Waals surface area contributed by atoms with E-state index in [1.54, 1.807) is 11.3 Å². The van der Waals surface area contributed by atoms with Crippen molar-refractivity contribution in [2.45, 2.75) is 52.2 Å². The van der Waals surface area contributed by atoms with Gasteiger partial charge in [0.2, 0.25) is 0 Å². The molecule has 150 valence electrons. The molecule has 2 nitrogen and oxygen atoms in total. The smallest absolute Gasteiger partial charge is 0.399 e. The van der Waals surface area contributed by atoms with Crippen molar-refractivity contribution in [3.8, 4) is 10.4 Å². The summed E-state index contributed by atoms with van der Waals surface area (Å²) in [6, 6.07) is 17.4. The molecule has 0 N–H and O–H groups in total. The van der Waals surface area contributed by atoms with Gasteiger partial charge >= 0.3 is 7.12 Å². The Morgan fingerprint density at radius 3 is 2.21 bits per heavy atom. The van der Waals surface area contributed by atoms with Crippen LogP contribution < -0.4 is 5.46 Å². The highest BCUT2D eigenvalue weighted by molar-refractivity contribution is 7.15. The summed E-state index contributed by atoms with van der Waals surface area (Å²) >= 11 is 1.75. The zero-order valence-corrected chi connectivity index (χ0v) is 18.4. The predicted octanol–water partition coefficient (Wildman–Crippen LogP) is 5.75. The summed E-state index contributed by atoms with van der Waals surface area (Å²) in [5.41, 5.74) is 3.93. The Balaban J connectivity index is 1.56. The maximum Gasteiger partial charge on any atom is 0.494 e. The van der Waals surface area contributed by atoms with E-state index in [9.17, 15) is 4.39 Å². The lowest BCUT2D eigenvalue weighted by molar-refractivity contribution is 0.00578.